The Balaban J connectivity index is 2.22. The summed E-state index contributed by atoms with van der Waals surface area (Å²) < 4.78 is 234. The van der Waals surface area contributed by atoms with Crippen molar-refractivity contribution in [2.45, 2.75) is 73.3 Å². The highest BCUT2D eigenvalue weighted by Crippen LogP contribution is 2.64. The van der Waals surface area contributed by atoms with Gasteiger partial charge in [-0.2, -0.15) is 74.6 Å². The number of benzene rings is 2. The molecule has 328 valence electrons. The molecule has 0 atom stereocenters. The van der Waals surface area contributed by atoms with Gasteiger partial charge in [0.2, 0.25) is 0 Å². The second kappa shape index (κ2) is 18.8. The number of hydrogen-bond acceptors (Lipinski definition) is 4. The fraction of sp³-hybridized carbons (Fsp3) is 0.457. The van der Waals surface area contributed by atoms with Gasteiger partial charge in [0.05, 0.1) is 19.6 Å². The van der Waals surface area contributed by atoms with Crippen LogP contribution in [-0.4, -0.2) is 96.6 Å². The number of aliphatic imine (C=N–C) groups is 1. The van der Waals surface area contributed by atoms with E-state index in [4.69, 9.17) is 6.42 Å². The maximum Gasteiger partial charge on any atom is 0.460 e. The van der Waals surface area contributed by atoms with Gasteiger partial charge in [-0.15, -0.1) is 13.0 Å². The molecule has 2 aromatic carbocycles. The number of rotatable bonds is 20. The van der Waals surface area contributed by atoms with Crippen LogP contribution >= 0.6 is 0 Å². The molecule has 0 aliphatic carbocycles. The van der Waals surface area contributed by atoms with Gasteiger partial charge >= 0.3 is 53.6 Å². The lowest BCUT2D eigenvalue weighted by Crippen LogP contribution is -2.74. The molecule has 7 nitrogen and oxygen atoms in total. The van der Waals surface area contributed by atoms with Gasteiger partial charge in [0.25, 0.3) is 5.91 Å². The molecule has 0 radical (unpaired) electrons. The van der Waals surface area contributed by atoms with Gasteiger partial charge in [-0.25, -0.2) is 0 Å². The third kappa shape index (κ3) is 10.7. The molecule has 59 heavy (non-hydrogen) atoms. The number of esters is 1. The molecular weight excluding hydrogens is 847 g/mol. The molecule has 1 amide bonds. The monoisotopic (exact) mass is 878 g/mol. The third-order valence-corrected chi connectivity index (χ3v) is 7.85. The lowest BCUT2D eigenvalue weighted by atomic mass is 9.88. The number of carbonyl (C=O) groups is 2. The van der Waals surface area contributed by atoms with E-state index in [0.717, 1.165) is 12.8 Å². The number of alkyl halides is 17. The van der Waals surface area contributed by atoms with Crippen molar-refractivity contribution in [3.05, 3.63) is 72.8 Å². The van der Waals surface area contributed by atoms with Crippen LogP contribution in [0.2, 0.25) is 0 Å². The van der Waals surface area contributed by atoms with Crippen molar-refractivity contribution < 1.29 is 89.0 Å². The lowest BCUT2D eigenvalue weighted by molar-refractivity contribution is -0.461. The van der Waals surface area contributed by atoms with Crippen LogP contribution in [0, 0.1) is 12.3 Å². The number of hydrogen-bond donors (Lipinski definition) is 2. The van der Waals surface area contributed by atoms with E-state index >= 15 is 0 Å². The predicted octanol–water partition coefficient (Wildman–Crippen LogP) is 9.94. The second-order valence-electron chi connectivity index (χ2n) is 12.2. The number of para-hydroxylation sites is 1. The SMILES string of the molecule is C#CCN(CC(=O)OCCC(F)(F)C(F)(F)C(F)(F)C(F)(F)C(F)(F)C(F)(F)C(F)(F)C(F)(F)F)C(=O)c1cccc(NC(=NCCCCC=C)Nc2ccccc2)c1. The van der Waals surface area contributed by atoms with Gasteiger partial charge < -0.3 is 20.3 Å². The molecule has 0 aliphatic heterocycles. The zero-order valence-electron chi connectivity index (χ0n) is 29.8. The summed E-state index contributed by atoms with van der Waals surface area (Å²) in [7, 11) is 0. The minimum Gasteiger partial charge on any atom is -0.464 e. The van der Waals surface area contributed by atoms with Gasteiger partial charge in [0.15, 0.2) is 5.96 Å². The number of anilines is 2. The molecule has 0 fully saturated rings. The van der Waals surface area contributed by atoms with Crippen LogP contribution in [0.4, 0.5) is 86.0 Å². The second-order valence-corrected chi connectivity index (χ2v) is 12.2. The lowest BCUT2D eigenvalue weighted by Gasteiger charge is -2.42. The van der Waals surface area contributed by atoms with Crippen molar-refractivity contribution in [3.63, 3.8) is 0 Å². The number of nitrogens with zero attached hydrogens (tertiary/aromatic N) is 2. The maximum absolute atomic E-state index is 14.3. The molecule has 0 bridgehead atoms. The molecule has 0 spiro atoms. The van der Waals surface area contributed by atoms with Crippen molar-refractivity contribution >= 4 is 29.2 Å². The first-order valence-electron chi connectivity index (χ1n) is 16.4. The summed E-state index contributed by atoms with van der Waals surface area (Å²) in [5, 5.41) is 6.00. The fourth-order valence-electron chi connectivity index (χ4n) is 4.57. The Bertz CT molecular complexity index is 1830. The number of ether oxygens (including phenoxy) is 1. The third-order valence-electron chi connectivity index (χ3n) is 7.85. The Morgan fingerprint density at radius 1 is 0.729 bits per heavy atom. The predicted molar refractivity (Wildman–Crippen MR) is 177 cm³/mol. The molecule has 2 N–H and O–H groups in total. The summed E-state index contributed by atoms with van der Waals surface area (Å²) >= 11 is 0. The number of carbonyl (C=O) groups excluding carboxylic acids is 2. The van der Waals surface area contributed by atoms with Crippen molar-refractivity contribution in [1.29, 1.82) is 0 Å². The Hall–Kier alpha value is -5.24. The van der Waals surface area contributed by atoms with Gasteiger partial charge in [-0.3, -0.25) is 14.6 Å². The quantitative estimate of drug-likeness (QED) is 0.0263. The Labute approximate surface area is 323 Å². The van der Waals surface area contributed by atoms with Gasteiger partial charge in [-0.05, 0) is 49.6 Å². The van der Waals surface area contributed by atoms with Gasteiger partial charge in [0, 0.05) is 23.5 Å². The van der Waals surface area contributed by atoms with E-state index in [1.807, 2.05) is 5.92 Å². The number of allylic oxidation sites excluding steroid dienone is 1. The van der Waals surface area contributed by atoms with Crippen LogP contribution in [-0.2, 0) is 9.53 Å². The standard InChI is InChI=1S/C35H31F17N4O3/c1-3-5-6-10-17-53-27(54-23-13-8-7-9-14-23)55-24-15-11-12-22(20-24)26(58)56(18-4-2)21-25(57)59-19-16-28(36,37)29(38,39)30(40,41)31(42,43)32(44,45)33(46,47)34(48,49)35(50,51)52/h2-3,7-9,11-15,20H,1,5-6,10,16-19,21H2,(H2,53,54,55). The topological polar surface area (TPSA) is 83.0 Å². The fourth-order valence-corrected chi connectivity index (χ4v) is 4.57. The van der Waals surface area contributed by atoms with E-state index in [-0.39, 0.29) is 17.2 Å². The van der Waals surface area contributed by atoms with Crippen molar-refractivity contribution in [3.8, 4) is 12.3 Å². The summed E-state index contributed by atoms with van der Waals surface area (Å²) in [6.45, 7) is -0.219. The largest absolute Gasteiger partial charge is 0.464 e. The summed E-state index contributed by atoms with van der Waals surface area (Å²) in [6, 6.07) is 13.9. The van der Waals surface area contributed by atoms with Crippen LogP contribution in [0.3, 0.4) is 0 Å². The summed E-state index contributed by atoms with van der Waals surface area (Å²) in [6.07, 6.45) is -1.75. The zero-order valence-corrected chi connectivity index (χ0v) is 29.8. The number of terminal acetylenes is 1. The van der Waals surface area contributed by atoms with E-state index in [1.165, 1.54) is 24.3 Å². The highest BCUT2D eigenvalue weighted by molar-refractivity contribution is 6.04. The summed E-state index contributed by atoms with van der Waals surface area (Å²) in [5.74, 6) is -58.3. The molecule has 0 unspecified atom stereocenters. The van der Waals surface area contributed by atoms with Crippen molar-refractivity contribution in [2.24, 2.45) is 4.99 Å². The minimum absolute atomic E-state index is 0.201. The molecule has 0 saturated carbocycles. The first kappa shape index (κ1) is 49.9. The van der Waals surface area contributed by atoms with E-state index in [2.05, 4.69) is 26.9 Å². The van der Waals surface area contributed by atoms with Crippen LogP contribution in [0.25, 0.3) is 0 Å². The maximum atomic E-state index is 14.3. The van der Waals surface area contributed by atoms with E-state index < -0.39 is 85.6 Å². The normalized spacial score (nSPS) is 13.7. The van der Waals surface area contributed by atoms with Crippen LogP contribution in [0.5, 0.6) is 0 Å². The van der Waals surface area contributed by atoms with Gasteiger partial charge in [-0.1, -0.05) is 36.3 Å². The van der Waals surface area contributed by atoms with Gasteiger partial charge in [0.1, 0.15) is 6.54 Å². The number of unbranched alkanes of at least 4 members (excludes halogenated alkanes) is 2. The van der Waals surface area contributed by atoms with E-state index in [1.54, 1.807) is 36.4 Å². The molecule has 2 aromatic rings. The number of nitrogens with one attached hydrogen (secondary N) is 2. The highest BCUT2D eigenvalue weighted by atomic mass is 19.4. The first-order chi connectivity index (χ1) is 27.0. The molecule has 24 heteroatoms. The van der Waals surface area contributed by atoms with Crippen molar-refractivity contribution in [1.82, 2.24) is 4.90 Å². The molecule has 0 aromatic heterocycles. The smallest absolute Gasteiger partial charge is 0.460 e. The van der Waals surface area contributed by atoms with E-state index in [9.17, 15) is 84.2 Å². The molecule has 0 saturated heterocycles. The van der Waals surface area contributed by atoms with Crippen molar-refractivity contribution in [2.75, 3.05) is 36.9 Å². The Kier molecular flexibility index (Phi) is 15.9. The molecule has 0 heterocycles. The molecule has 2 rings (SSSR count). The Morgan fingerprint density at radius 2 is 1.25 bits per heavy atom. The molecular formula is C35H31F17N4O3. The summed E-state index contributed by atoms with van der Waals surface area (Å²) in [5.41, 5.74) is 0.642. The minimum atomic E-state index is -8.77. The Morgan fingerprint density at radius 3 is 1.80 bits per heavy atom. The number of guanidine groups is 1. The number of halogens is 17. The molecule has 0 aliphatic rings. The van der Waals surface area contributed by atoms with Crippen LogP contribution in [0.1, 0.15) is 36.0 Å². The average molecular weight is 879 g/mol. The van der Waals surface area contributed by atoms with Crippen LogP contribution < -0.4 is 10.6 Å². The zero-order chi connectivity index (χ0) is 45.3. The number of amides is 1. The average Bonchev–Trinajstić information content (AvgIpc) is 3.13. The van der Waals surface area contributed by atoms with E-state index in [0.29, 0.717) is 23.6 Å². The summed E-state index contributed by atoms with van der Waals surface area (Å²) in [4.78, 5) is 30.6. The first-order valence-corrected chi connectivity index (χ1v) is 16.4. The van der Waals surface area contributed by atoms with Crippen LogP contribution in [0.15, 0.2) is 72.2 Å². The highest BCUT2D eigenvalue weighted by Gasteiger charge is 2.95.